The minimum atomic E-state index is 0.392. The molecule has 0 radical (unpaired) electrons. The molecule has 1 aliphatic rings. The van der Waals surface area contributed by atoms with Crippen molar-refractivity contribution in [1.82, 2.24) is 14.8 Å². The highest BCUT2D eigenvalue weighted by Crippen LogP contribution is 2.33. The van der Waals surface area contributed by atoms with Crippen molar-refractivity contribution in [3.8, 4) is 11.8 Å². The number of thioether (sulfide) groups is 1. The Morgan fingerprint density at radius 2 is 1.95 bits per heavy atom. The zero-order valence-corrected chi connectivity index (χ0v) is 12.7. The number of para-hydroxylation sites is 1. The zero-order chi connectivity index (χ0) is 14.5. The van der Waals surface area contributed by atoms with Crippen LogP contribution in [0.15, 0.2) is 35.5 Å². The topological polar surface area (TPSA) is 54.5 Å². The third-order valence-corrected chi connectivity index (χ3v) is 4.55. The Kier molecular flexibility index (Phi) is 4.56. The van der Waals surface area contributed by atoms with E-state index >= 15 is 0 Å². The lowest BCUT2D eigenvalue weighted by Gasteiger charge is -2.21. The highest BCUT2D eigenvalue weighted by Gasteiger charge is 2.23. The fraction of sp³-hybridized carbons (Fsp3) is 0.438. The van der Waals surface area contributed by atoms with E-state index in [-0.39, 0.29) is 0 Å². The van der Waals surface area contributed by atoms with Gasteiger partial charge in [0.25, 0.3) is 0 Å². The summed E-state index contributed by atoms with van der Waals surface area (Å²) in [4.78, 5) is 4.71. The number of hydrogen-bond donors (Lipinski definition) is 0. The van der Waals surface area contributed by atoms with Gasteiger partial charge in [0.05, 0.1) is 17.5 Å². The maximum absolute atomic E-state index is 8.74. The van der Waals surface area contributed by atoms with E-state index in [1.54, 1.807) is 0 Å². The molecule has 1 aromatic carbocycles. The summed E-state index contributed by atoms with van der Waals surface area (Å²) >= 11 is 1.41. The van der Waals surface area contributed by atoms with E-state index in [0.29, 0.717) is 16.8 Å². The van der Waals surface area contributed by atoms with Crippen LogP contribution in [0, 0.1) is 11.3 Å². The number of nitrogens with zero attached hydrogens (tertiary/aromatic N) is 4. The molecule has 4 nitrogen and oxygen atoms in total. The van der Waals surface area contributed by atoms with Gasteiger partial charge in [0, 0.05) is 5.92 Å². The minimum Gasteiger partial charge on any atom is -0.216 e. The minimum absolute atomic E-state index is 0.392. The second-order valence-corrected chi connectivity index (χ2v) is 6.22. The van der Waals surface area contributed by atoms with Gasteiger partial charge in [0.15, 0.2) is 0 Å². The van der Waals surface area contributed by atoms with Gasteiger partial charge in [-0.05, 0) is 25.0 Å². The van der Waals surface area contributed by atoms with E-state index in [1.807, 2.05) is 22.9 Å². The molecule has 3 rings (SSSR count). The number of benzene rings is 1. The third kappa shape index (κ3) is 3.27. The molecule has 0 saturated heterocycles. The molecule has 21 heavy (non-hydrogen) atoms. The fourth-order valence-corrected chi connectivity index (χ4v) is 3.34. The molecule has 0 aliphatic heterocycles. The van der Waals surface area contributed by atoms with Crippen molar-refractivity contribution < 1.29 is 0 Å². The lowest BCUT2D eigenvalue weighted by atomic mass is 9.88. The third-order valence-electron chi connectivity index (χ3n) is 3.85. The first-order chi connectivity index (χ1) is 10.4. The average Bonchev–Trinajstić information content (AvgIpc) is 2.99. The molecule has 0 amide bonds. The second kappa shape index (κ2) is 6.77. The molecule has 0 spiro atoms. The van der Waals surface area contributed by atoms with Gasteiger partial charge in [-0.2, -0.15) is 5.26 Å². The molecule has 1 fully saturated rings. The van der Waals surface area contributed by atoms with Crippen LogP contribution in [0.3, 0.4) is 0 Å². The van der Waals surface area contributed by atoms with Crippen LogP contribution in [-0.2, 0) is 0 Å². The molecule has 0 atom stereocenters. The molecule has 0 N–H and O–H groups in total. The SMILES string of the molecule is N#CCSc1nc(C2CCCCC2)n(-c2ccccc2)n1. The van der Waals surface area contributed by atoms with Crippen molar-refractivity contribution >= 4 is 11.8 Å². The molecule has 0 bridgehead atoms. The van der Waals surface area contributed by atoms with Gasteiger partial charge in [0.2, 0.25) is 5.16 Å². The van der Waals surface area contributed by atoms with Crippen LogP contribution in [0.2, 0.25) is 0 Å². The molecule has 1 heterocycles. The number of rotatable bonds is 4. The summed E-state index contributed by atoms with van der Waals surface area (Å²) in [7, 11) is 0. The van der Waals surface area contributed by atoms with E-state index in [2.05, 4.69) is 23.3 Å². The number of hydrogen-bond acceptors (Lipinski definition) is 4. The second-order valence-electron chi connectivity index (χ2n) is 5.28. The van der Waals surface area contributed by atoms with Gasteiger partial charge in [-0.25, -0.2) is 9.67 Å². The van der Waals surface area contributed by atoms with E-state index < -0.39 is 0 Å². The Morgan fingerprint density at radius 1 is 1.19 bits per heavy atom. The van der Waals surface area contributed by atoms with Crippen LogP contribution in [0.4, 0.5) is 0 Å². The van der Waals surface area contributed by atoms with E-state index in [4.69, 9.17) is 10.2 Å². The Bertz CT molecular complexity index is 623. The molecule has 5 heteroatoms. The van der Waals surface area contributed by atoms with Gasteiger partial charge in [-0.15, -0.1) is 5.10 Å². The van der Waals surface area contributed by atoms with Gasteiger partial charge in [-0.3, -0.25) is 0 Å². The first-order valence-corrected chi connectivity index (χ1v) is 8.39. The fourth-order valence-electron chi connectivity index (χ4n) is 2.85. The number of aromatic nitrogens is 3. The Morgan fingerprint density at radius 3 is 2.67 bits per heavy atom. The molecule has 108 valence electrons. The van der Waals surface area contributed by atoms with Crippen molar-refractivity contribution in [2.24, 2.45) is 0 Å². The Balaban J connectivity index is 1.95. The van der Waals surface area contributed by atoms with Crippen molar-refractivity contribution in [3.63, 3.8) is 0 Å². The van der Waals surface area contributed by atoms with E-state index in [0.717, 1.165) is 11.5 Å². The molecule has 1 aliphatic carbocycles. The standard InChI is InChI=1S/C16H18N4S/c17-11-12-21-16-18-15(13-7-3-1-4-8-13)20(19-16)14-9-5-2-6-10-14/h2,5-6,9-10,13H,1,3-4,7-8,12H2. The van der Waals surface area contributed by atoms with Crippen LogP contribution in [0.5, 0.6) is 0 Å². The zero-order valence-electron chi connectivity index (χ0n) is 11.9. The lowest BCUT2D eigenvalue weighted by Crippen LogP contribution is -2.12. The first-order valence-electron chi connectivity index (χ1n) is 7.40. The summed E-state index contributed by atoms with van der Waals surface area (Å²) in [5.74, 6) is 1.94. The maximum Gasteiger partial charge on any atom is 0.210 e. The van der Waals surface area contributed by atoms with Crippen molar-refractivity contribution in [3.05, 3.63) is 36.2 Å². The largest absolute Gasteiger partial charge is 0.216 e. The quantitative estimate of drug-likeness (QED) is 0.802. The molecule has 1 saturated carbocycles. The van der Waals surface area contributed by atoms with Crippen LogP contribution >= 0.6 is 11.8 Å². The number of nitriles is 1. The lowest BCUT2D eigenvalue weighted by molar-refractivity contribution is 0.422. The van der Waals surface area contributed by atoms with Gasteiger partial charge < -0.3 is 0 Å². The smallest absolute Gasteiger partial charge is 0.210 e. The summed E-state index contributed by atoms with van der Waals surface area (Å²) < 4.78 is 1.97. The van der Waals surface area contributed by atoms with Gasteiger partial charge >= 0.3 is 0 Å². The predicted octanol–water partition coefficient (Wildman–Crippen LogP) is 3.93. The molecule has 1 aromatic heterocycles. The van der Waals surface area contributed by atoms with Gasteiger partial charge in [0.1, 0.15) is 5.82 Å². The van der Waals surface area contributed by atoms with E-state index in [9.17, 15) is 0 Å². The summed E-state index contributed by atoms with van der Waals surface area (Å²) in [6.45, 7) is 0. The van der Waals surface area contributed by atoms with Crippen LogP contribution < -0.4 is 0 Å². The van der Waals surface area contributed by atoms with Crippen LogP contribution in [-0.4, -0.2) is 20.5 Å². The average molecular weight is 298 g/mol. The van der Waals surface area contributed by atoms with Crippen LogP contribution in [0.25, 0.3) is 5.69 Å². The summed E-state index contributed by atoms with van der Waals surface area (Å²) in [6, 6.07) is 12.3. The maximum atomic E-state index is 8.74. The molecule has 2 aromatic rings. The Labute approximate surface area is 129 Å². The monoisotopic (exact) mass is 298 g/mol. The molecule has 0 unspecified atom stereocenters. The highest BCUT2D eigenvalue weighted by atomic mass is 32.2. The summed E-state index contributed by atoms with van der Waals surface area (Å²) in [6.07, 6.45) is 6.24. The van der Waals surface area contributed by atoms with Crippen molar-refractivity contribution in [2.75, 3.05) is 5.75 Å². The first kappa shape index (κ1) is 14.2. The summed E-state index contributed by atoms with van der Waals surface area (Å²) in [5.41, 5.74) is 1.05. The Hall–Kier alpha value is -1.80. The molecular weight excluding hydrogens is 280 g/mol. The summed E-state index contributed by atoms with van der Waals surface area (Å²) in [5, 5.41) is 14.1. The molecular formula is C16H18N4S. The van der Waals surface area contributed by atoms with E-state index in [1.165, 1.54) is 43.9 Å². The van der Waals surface area contributed by atoms with Crippen molar-refractivity contribution in [1.29, 1.82) is 5.26 Å². The van der Waals surface area contributed by atoms with Gasteiger partial charge in [-0.1, -0.05) is 49.2 Å². The predicted molar refractivity (Wildman–Crippen MR) is 83.5 cm³/mol. The van der Waals surface area contributed by atoms with Crippen molar-refractivity contribution in [2.45, 2.75) is 43.2 Å². The van der Waals surface area contributed by atoms with Crippen LogP contribution in [0.1, 0.15) is 43.8 Å². The normalized spacial score (nSPS) is 15.8. The highest BCUT2D eigenvalue weighted by molar-refractivity contribution is 7.99.